The van der Waals surface area contributed by atoms with Crippen LogP contribution in [0.25, 0.3) is 0 Å². The normalized spacial score (nSPS) is 14.7. The third-order valence-corrected chi connectivity index (χ3v) is 4.48. The number of pyridine rings is 1. The van der Waals surface area contributed by atoms with E-state index in [1.165, 1.54) is 0 Å². The molecule has 1 aliphatic carbocycles. The maximum absolute atomic E-state index is 11.8. The van der Waals surface area contributed by atoms with E-state index in [0.717, 1.165) is 19.2 Å². The van der Waals surface area contributed by atoms with Gasteiger partial charge in [0.05, 0.1) is 17.3 Å². The molecule has 9 nitrogen and oxygen atoms in total. The molecule has 10 heteroatoms. The van der Waals surface area contributed by atoms with E-state index < -0.39 is 31.8 Å². The summed E-state index contributed by atoms with van der Waals surface area (Å²) in [7, 11) is -2.53. The molecule has 0 aromatic carbocycles. The van der Waals surface area contributed by atoms with Crippen molar-refractivity contribution in [1.82, 2.24) is 9.71 Å². The van der Waals surface area contributed by atoms with Crippen LogP contribution in [0.5, 0.6) is 5.88 Å². The summed E-state index contributed by atoms with van der Waals surface area (Å²) in [6, 6.07) is 2.10. The molecule has 1 aromatic rings. The summed E-state index contributed by atoms with van der Waals surface area (Å²) < 4.78 is 29.8. The van der Waals surface area contributed by atoms with Crippen molar-refractivity contribution in [3.8, 4) is 5.88 Å². The molecular weight excluding hydrogens is 290 g/mol. The van der Waals surface area contributed by atoms with Gasteiger partial charge in [-0.15, -0.1) is 0 Å². The van der Waals surface area contributed by atoms with Gasteiger partial charge < -0.3 is 4.74 Å². The summed E-state index contributed by atoms with van der Waals surface area (Å²) in [4.78, 5) is 25.4. The van der Waals surface area contributed by atoms with Gasteiger partial charge in [0.2, 0.25) is 10.0 Å². The highest BCUT2D eigenvalue weighted by atomic mass is 32.2. The standard InChI is InChI=1S/C10H11N3O6S/c1-19-10-8(13(15)16)5-4-7(11-10)9(14)12-20(17,18)6-2-3-6/h4-6H,2-3H2,1H3,(H,12,14). The monoisotopic (exact) mass is 301 g/mol. The van der Waals surface area contributed by atoms with Crippen molar-refractivity contribution in [3.05, 3.63) is 27.9 Å². The van der Waals surface area contributed by atoms with Gasteiger partial charge in [-0.2, -0.15) is 0 Å². The van der Waals surface area contributed by atoms with Gasteiger partial charge in [-0.1, -0.05) is 0 Å². The molecular formula is C10H11N3O6S. The molecule has 1 fully saturated rings. The molecule has 0 aliphatic heterocycles. The van der Waals surface area contributed by atoms with E-state index in [-0.39, 0.29) is 11.6 Å². The zero-order valence-corrected chi connectivity index (χ0v) is 11.2. The third-order valence-electron chi connectivity index (χ3n) is 2.66. The van der Waals surface area contributed by atoms with Crippen LogP contribution in [0.3, 0.4) is 0 Å². The lowest BCUT2D eigenvalue weighted by Crippen LogP contribution is -2.33. The van der Waals surface area contributed by atoms with Gasteiger partial charge in [0.15, 0.2) is 0 Å². The molecule has 1 aliphatic rings. The number of carbonyl (C=O) groups is 1. The first-order valence-corrected chi connectivity index (χ1v) is 7.15. The Balaban J connectivity index is 2.24. The molecule has 1 saturated carbocycles. The van der Waals surface area contributed by atoms with Crippen LogP contribution in [0, 0.1) is 10.1 Å². The molecule has 0 saturated heterocycles. The maximum Gasteiger partial charge on any atom is 0.330 e. The van der Waals surface area contributed by atoms with Gasteiger partial charge in [-0.25, -0.2) is 18.1 Å². The van der Waals surface area contributed by atoms with Crippen LogP contribution in [0.4, 0.5) is 5.69 Å². The van der Waals surface area contributed by atoms with Crippen LogP contribution >= 0.6 is 0 Å². The van der Waals surface area contributed by atoms with Gasteiger partial charge in [-0.05, 0) is 18.9 Å². The van der Waals surface area contributed by atoms with Crippen molar-refractivity contribution in [2.45, 2.75) is 18.1 Å². The number of aromatic nitrogens is 1. The summed E-state index contributed by atoms with van der Waals surface area (Å²) in [5.41, 5.74) is -0.675. The first kappa shape index (κ1) is 14.2. The zero-order valence-electron chi connectivity index (χ0n) is 10.4. The second-order valence-corrected chi connectivity index (χ2v) is 6.12. The summed E-state index contributed by atoms with van der Waals surface area (Å²) in [5.74, 6) is -1.29. The van der Waals surface area contributed by atoms with Crippen LogP contribution < -0.4 is 9.46 Å². The predicted molar refractivity (Wildman–Crippen MR) is 66.9 cm³/mol. The quantitative estimate of drug-likeness (QED) is 0.608. The summed E-state index contributed by atoms with van der Waals surface area (Å²) >= 11 is 0. The largest absolute Gasteiger partial charge is 0.476 e. The van der Waals surface area contributed by atoms with Crippen molar-refractivity contribution in [1.29, 1.82) is 0 Å². The molecule has 2 rings (SSSR count). The van der Waals surface area contributed by atoms with Gasteiger partial charge in [0.25, 0.3) is 11.8 Å². The Labute approximate surface area is 114 Å². The Morgan fingerprint density at radius 1 is 1.50 bits per heavy atom. The van der Waals surface area contributed by atoms with Crippen molar-refractivity contribution in [2.75, 3.05) is 7.11 Å². The van der Waals surface area contributed by atoms with Crippen LogP contribution in [0.2, 0.25) is 0 Å². The maximum atomic E-state index is 11.8. The van der Waals surface area contributed by atoms with Crippen molar-refractivity contribution in [2.24, 2.45) is 0 Å². The van der Waals surface area contributed by atoms with E-state index in [2.05, 4.69) is 4.98 Å². The number of methoxy groups -OCH3 is 1. The molecule has 1 aromatic heterocycles. The number of carbonyl (C=O) groups excluding carboxylic acids is 1. The molecule has 20 heavy (non-hydrogen) atoms. The first-order chi connectivity index (χ1) is 9.35. The number of nitro groups is 1. The lowest BCUT2D eigenvalue weighted by molar-refractivity contribution is -0.386. The predicted octanol–water partition coefficient (Wildman–Crippen LogP) is 0.220. The molecule has 1 N–H and O–H groups in total. The number of sulfonamides is 1. The molecule has 1 amide bonds. The number of amides is 1. The summed E-state index contributed by atoms with van der Waals surface area (Å²) in [5, 5.41) is 10.1. The Kier molecular flexibility index (Phi) is 3.57. The molecule has 0 atom stereocenters. The topological polar surface area (TPSA) is 128 Å². The number of nitrogens with zero attached hydrogens (tertiary/aromatic N) is 2. The lowest BCUT2D eigenvalue weighted by atomic mass is 10.3. The number of ether oxygens (including phenoxy) is 1. The van der Waals surface area contributed by atoms with Gasteiger partial charge >= 0.3 is 5.69 Å². The minimum atomic E-state index is -3.69. The first-order valence-electron chi connectivity index (χ1n) is 5.60. The zero-order chi connectivity index (χ0) is 14.9. The van der Waals surface area contributed by atoms with Gasteiger partial charge in [-0.3, -0.25) is 14.9 Å². The fourth-order valence-electron chi connectivity index (χ4n) is 1.49. The van der Waals surface area contributed by atoms with Crippen LogP contribution in [0.1, 0.15) is 23.3 Å². The van der Waals surface area contributed by atoms with E-state index in [4.69, 9.17) is 4.74 Å². The summed E-state index contributed by atoms with van der Waals surface area (Å²) in [6.07, 6.45) is 1.03. The Morgan fingerprint density at radius 2 is 2.15 bits per heavy atom. The number of nitrogens with one attached hydrogen (secondary N) is 1. The van der Waals surface area contributed by atoms with E-state index >= 15 is 0 Å². The van der Waals surface area contributed by atoms with Crippen LogP contribution in [-0.4, -0.2) is 36.6 Å². The lowest BCUT2D eigenvalue weighted by Gasteiger charge is -2.06. The fraction of sp³-hybridized carbons (Fsp3) is 0.400. The molecule has 0 unspecified atom stereocenters. The molecule has 0 radical (unpaired) electrons. The average molecular weight is 301 g/mol. The van der Waals surface area contributed by atoms with E-state index in [1.54, 1.807) is 0 Å². The van der Waals surface area contributed by atoms with E-state index in [1.807, 2.05) is 4.72 Å². The smallest absolute Gasteiger partial charge is 0.330 e. The highest BCUT2D eigenvalue weighted by Crippen LogP contribution is 2.28. The summed E-state index contributed by atoms with van der Waals surface area (Å²) in [6.45, 7) is 0. The Hall–Kier alpha value is -2.23. The van der Waals surface area contributed by atoms with Crippen LogP contribution in [0.15, 0.2) is 12.1 Å². The minimum absolute atomic E-state index is 0.267. The number of hydrogen-bond acceptors (Lipinski definition) is 7. The van der Waals surface area contributed by atoms with Crippen molar-refractivity contribution in [3.63, 3.8) is 0 Å². The highest BCUT2D eigenvalue weighted by Gasteiger charge is 2.37. The Bertz CT molecular complexity index is 668. The fourth-order valence-corrected chi connectivity index (χ4v) is 2.78. The second-order valence-electron chi connectivity index (χ2n) is 4.16. The highest BCUT2D eigenvalue weighted by molar-refractivity contribution is 7.91. The number of hydrogen-bond donors (Lipinski definition) is 1. The third kappa shape index (κ3) is 2.85. The van der Waals surface area contributed by atoms with Crippen molar-refractivity contribution >= 4 is 21.6 Å². The molecule has 0 spiro atoms. The van der Waals surface area contributed by atoms with E-state index in [9.17, 15) is 23.3 Å². The second kappa shape index (κ2) is 5.04. The van der Waals surface area contributed by atoms with Gasteiger partial charge in [0.1, 0.15) is 5.69 Å². The van der Waals surface area contributed by atoms with Crippen molar-refractivity contribution < 1.29 is 22.9 Å². The molecule has 108 valence electrons. The Morgan fingerprint density at radius 3 is 2.65 bits per heavy atom. The minimum Gasteiger partial charge on any atom is -0.476 e. The van der Waals surface area contributed by atoms with E-state index in [0.29, 0.717) is 12.8 Å². The average Bonchev–Trinajstić information content (AvgIpc) is 3.21. The molecule has 1 heterocycles. The number of rotatable bonds is 5. The van der Waals surface area contributed by atoms with Gasteiger partial charge in [0, 0.05) is 6.07 Å². The molecule has 0 bridgehead atoms. The van der Waals surface area contributed by atoms with Crippen LogP contribution in [-0.2, 0) is 10.0 Å². The SMILES string of the molecule is COc1nc(C(=O)NS(=O)(=O)C2CC2)ccc1[N+](=O)[O-].